The largest absolute Gasteiger partial charge is 0.299 e. The van der Waals surface area contributed by atoms with E-state index < -0.39 is 0 Å². The van der Waals surface area contributed by atoms with E-state index in [0.29, 0.717) is 23.7 Å². The van der Waals surface area contributed by atoms with E-state index in [0.717, 1.165) is 37.6 Å². The van der Waals surface area contributed by atoms with Crippen LogP contribution in [0.25, 0.3) is 21.7 Å². The smallest absolute Gasteiger partial charge is 0.160 e. The molecular formula is C23H21ClN4OS. The number of thiazole rings is 1. The fraction of sp³-hybridized carbons (Fsp3) is 0.261. The molecule has 0 amide bonds. The van der Waals surface area contributed by atoms with Crippen molar-refractivity contribution in [1.82, 2.24) is 19.9 Å². The van der Waals surface area contributed by atoms with Gasteiger partial charge in [0.1, 0.15) is 16.1 Å². The predicted octanol–water partition coefficient (Wildman–Crippen LogP) is 5.59. The van der Waals surface area contributed by atoms with Crippen LogP contribution in [0.1, 0.15) is 41.5 Å². The van der Waals surface area contributed by atoms with Gasteiger partial charge < -0.3 is 0 Å². The zero-order valence-electron chi connectivity index (χ0n) is 17.0. The summed E-state index contributed by atoms with van der Waals surface area (Å²) in [5.74, 6) is 0.948. The number of Topliss-reactive ketones (excluding diaryl/α,β-unsaturated/α-hetero) is 1. The molecule has 30 heavy (non-hydrogen) atoms. The van der Waals surface area contributed by atoms with Gasteiger partial charge in [-0.05, 0) is 47.7 Å². The SMILES string of the molecule is Cc1nc2c(C(C)C)c(CC(=O)Cc3ccc(-c4ncccn4)c(Cl)c3)cnc2s1. The second-order valence-electron chi connectivity index (χ2n) is 7.52. The normalized spacial score (nSPS) is 11.4. The highest BCUT2D eigenvalue weighted by atomic mass is 35.5. The van der Waals surface area contributed by atoms with Gasteiger partial charge in [-0.25, -0.2) is 19.9 Å². The molecule has 3 heterocycles. The Morgan fingerprint density at radius 3 is 2.60 bits per heavy atom. The number of carbonyl (C=O) groups excluding carboxylic acids is 1. The summed E-state index contributed by atoms with van der Waals surface area (Å²) < 4.78 is 0. The number of nitrogens with zero attached hydrogens (tertiary/aromatic N) is 4. The average Bonchev–Trinajstić information content (AvgIpc) is 3.08. The number of ketones is 1. The van der Waals surface area contributed by atoms with Crippen LogP contribution in [0.4, 0.5) is 0 Å². The van der Waals surface area contributed by atoms with E-state index in [2.05, 4.69) is 33.8 Å². The van der Waals surface area contributed by atoms with Crippen LogP contribution in [0.5, 0.6) is 0 Å². The standard InChI is InChI=1S/C23H21ClN4OS/c1-13(2)20-16(12-27-23-21(20)28-14(3)30-23)11-17(29)9-15-5-6-18(19(24)10-15)22-25-7-4-8-26-22/h4-8,10,12-13H,9,11H2,1-3H3. The topological polar surface area (TPSA) is 68.6 Å². The molecular weight excluding hydrogens is 416 g/mol. The van der Waals surface area contributed by atoms with Crippen molar-refractivity contribution < 1.29 is 4.79 Å². The monoisotopic (exact) mass is 436 g/mol. The lowest BCUT2D eigenvalue weighted by Crippen LogP contribution is -2.10. The van der Waals surface area contributed by atoms with E-state index in [9.17, 15) is 4.79 Å². The second kappa shape index (κ2) is 8.58. The van der Waals surface area contributed by atoms with Crippen LogP contribution in [0.3, 0.4) is 0 Å². The molecule has 0 saturated heterocycles. The molecule has 4 aromatic rings. The van der Waals surface area contributed by atoms with Crippen LogP contribution in [0, 0.1) is 6.92 Å². The summed E-state index contributed by atoms with van der Waals surface area (Å²) in [6, 6.07) is 7.35. The first-order valence-corrected chi connectivity index (χ1v) is 10.9. The maximum absolute atomic E-state index is 12.9. The fourth-order valence-electron chi connectivity index (χ4n) is 3.61. The molecule has 0 aliphatic carbocycles. The predicted molar refractivity (Wildman–Crippen MR) is 121 cm³/mol. The van der Waals surface area contributed by atoms with Crippen molar-refractivity contribution in [3.63, 3.8) is 0 Å². The molecule has 4 rings (SSSR count). The molecule has 0 spiro atoms. The molecule has 0 N–H and O–H groups in total. The Bertz CT molecular complexity index is 1220. The second-order valence-corrected chi connectivity index (χ2v) is 9.11. The van der Waals surface area contributed by atoms with E-state index in [1.807, 2.05) is 31.3 Å². The van der Waals surface area contributed by atoms with Gasteiger partial charge in [-0.15, -0.1) is 0 Å². The fourth-order valence-corrected chi connectivity index (χ4v) is 4.68. The number of fused-ring (bicyclic) bond motifs is 1. The Kier molecular flexibility index (Phi) is 5.88. The molecule has 1 aromatic carbocycles. The van der Waals surface area contributed by atoms with Crippen molar-refractivity contribution in [2.75, 3.05) is 0 Å². The van der Waals surface area contributed by atoms with E-state index in [-0.39, 0.29) is 11.7 Å². The minimum atomic E-state index is 0.116. The van der Waals surface area contributed by atoms with Gasteiger partial charge in [-0.1, -0.05) is 42.9 Å². The number of hydrogen-bond donors (Lipinski definition) is 0. The molecule has 3 aromatic heterocycles. The molecule has 0 fully saturated rings. The van der Waals surface area contributed by atoms with Crippen molar-refractivity contribution in [1.29, 1.82) is 0 Å². The number of pyridine rings is 1. The maximum atomic E-state index is 12.9. The van der Waals surface area contributed by atoms with Crippen LogP contribution in [0.15, 0.2) is 42.9 Å². The number of benzene rings is 1. The molecule has 0 atom stereocenters. The lowest BCUT2D eigenvalue weighted by atomic mass is 9.93. The maximum Gasteiger partial charge on any atom is 0.160 e. The highest BCUT2D eigenvalue weighted by Crippen LogP contribution is 2.31. The van der Waals surface area contributed by atoms with Gasteiger partial charge in [-0.2, -0.15) is 0 Å². The number of aromatic nitrogens is 4. The van der Waals surface area contributed by atoms with Crippen LogP contribution in [-0.2, 0) is 17.6 Å². The Morgan fingerprint density at radius 2 is 1.90 bits per heavy atom. The summed E-state index contributed by atoms with van der Waals surface area (Å²) in [7, 11) is 0. The molecule has 0 saturated carbocycles. The van der Waals surface area contributed by atoms with Crippen molar-refractivity contribution in [2.45, 2.75) is 39.5 Å². The van der Waals surface area contributed by atoms with Gasteiger partial charge in [0, 0.05) is 37.0 Å². The highest BCUT2D eigenvalue weighted by molar-refractivity contribution is 7.18. The summed E-state index contributed by atoms with van der Waals surface area (Å²) in [5, 5.41) is 1.52. The molecule has 0 aliphatic heterocycles. The first-order chi connectivity index (χ1) is 14.4. The van der Waals surface area contributed by atoms with E-state index in [1.54, 1.807) is 29.8 Å². The van der Waals surface area contributed by atoms with Crippen LogP contribution in [-0.4, -0.2) is 25.7 Å². The third kappa shape index (κ3) is 4.25. The van der Waals surface area contributed by atoms with Crippen molar-refractivity contribution in [2.24, 2.45) is 0 Å². The molecule has 5 nitrogen and oxygen atoms in total. The molecule has 0 radical (unpaired) electrons. The van der Waals surface area contributed by atoms with Crippen molar-refractivity contribution in [3.05, 3.63) is 69.6 Å². The summed E-state index contributed by atoms with van der Waals surface area (Å²) in [4.78, 5) is 31.4. The van der Waals surface area contributed by atoms with Crippen molar-refractivity contribution >= 4 is 39.1 Å². The van der Waals surface area contributed by atoms with Crippen molar-refractivity contribution in [3.8, 4) is 11.4 Å². The van der Waals surface area contributed by atoms with E-state index >= 15 is 0 Å². The zero-order valence-corrected chi connectivity index (χ0v) is 18.6. The Morgan fingerprint density at radius 1 is 1.13 bits per heavy atom. The van der Waals surface area contributed by atoms with E-state index in [4.69, 9.17) is 11.6 Å². The zero-order chi connectivity index (χ0) is 21.3. The molecule has 0 aliphatic rings. The quantitative estimate of drug-likeness (QED) is 0.394. The van der Waals surface area contributed by atoms with Crippen LogP contribution in [0.2, 0.25) is 5.02 Å². The Labute approximate surface area is 184 Å². The van der Waals surface area contributed by atoms with Gasteiger partial charge >= 0.3 is 0 Å². The third-order valence-electron chi connectivity index (χ3n) is 4.86. The minimum Gasteiger partial charge on any atom is -0.299 e. The summed E-state index contributed by atoms with van der Waals surface area (Å²) in [5.41, 5.74) is 4.62. The van der Waals surface area contributed by atoms with Gasteiger partial charge in [0.2, 0.25) is 0 Å². The Balaban J connectivity index is 1.55. The minimum absolute atomic E-state index is 0.116. The molecule has 0 unspecified atom stereocenters. The number of halogens is 1. The first kappa shape index (κ1) is 20.6. The number of carbonyl (C=O) groups is 1. The van der Waals surface area contributed by atoms with Crippen LogP contribution < -0.4 is 0 Å². The summed E-state index contributed by atoms with van der Waals surface area (Å²) in [6.45, 7) is 6.23. The highest BCUT2D eigenvalue weighted by Gasteiger charge is 2.18. The van der Waals surface area contributed by atoms with Gasteiger partial charge in [0.25, 0.3) is 0 Å². The van der Waals surface area contributed by atoms with Crippen LogP contribution >= 0.6 is 22.9 Å². The first-order valence-electron chi connectivity index (χ1n) is 9.74. The summed E-state index contributed by atoms with van der Waals surface area (Å²) >= 11 is 8.02. The number of aryl methyl sites for hydroxylation is 1. The van der Waals surface area contributed by atoms with E-state index in [1.165, 1.54) is 0 Å². The molecule has 0 bridgehead atoms. The third-order valence-corrected chi connectivity index (χ3v) is 6.05. The lowest BCUT2D eigenvalue weighted by Gasteiger charge is -2.13. The molecule has 152 valence electrons. The number of hydrogen-bond acceptors (Lipinski definition) is 6. The Hall–Kier alpha value is -2.70. The van der Waals surface area contributed by atoms with Gasteiger partial charge in [-0.3, -0.25) is 4.79 Å². The summed E-state index contributed by atoms with van der Waals surface area (Å²) in [6.07, 6.45) is 5.82. The van der Waals surface area contributed by atoms with Gasteiger partial charge in [0.15, 0.2) is 5.82 Å². The molecule has 7 heteroatoms. The van der Waals surface area contributed by atoms with Gasteiger partial charge in [0.05, 0.1) is 10.0 Å². The number of rotatable bonds is 6. The lowest BCUT2D eigenvalue weighted by molar-refractivity contribution is -0.117. The average molecular weight is 437 g/mol.